The molecule has 3 nitrogen and oxygen atoms in total. The van der Waals surface area contributed by atoms with E-state index in [1.807, 2.05) is 6.07 Å². The Kier molecular flexibility index (Phi) is 2.33. The molecule has 14 heavy (non-hydrogen) atoms. The first-order chi connectivity index (χ1) is 6.74. The summed E-state index contributed by atoms with van der Waals surface area (Å²) >= 11 is 0. The lowest BCUT2D eigenvalue weighted by atomic mass is 9.94. The van der Waals surface area contributed by atoms with E-state index in [4.69, 9.17) is 10.5 Å². The Morgan fingerprint density at radius 3 is 3.07 bits per heavy atom. The smallest absolute Gasteiger partial charge is 0.165 e. The Morgan fingerprint density at radius 1 is 1.57 bits per heavy atom. The van der Waals surface area contributed by atoms with Crippen molar-refractivity contribution in [2.24, 2.45) is 5.73 Å². The lowest BCUT2D eigenvalue weighted by molar-refractivity contribution is 0.254. The molecule has 2 rings (SSSR count). The summed E-state index contributed by atoms with van der Waals surface area (Å²) in [4.78, 5) is 0. The maximum absolute atomic E-state index is 9.61. The molecule has 1 aliphatic heterocycles. The third kappa shape index (κ3) is 1.34. The number of phenols is 1. The van der Waals surface area contributed by atoms with Crippen LogP contribution in [0.15, 0.2) is 12.1 Å². The zero-order valence-electron chi connectivity index (χ0n) is 8.29. The highest BCUT2D eigenvalue weighted by atomic mass is 16.5. The second kappa shape index (κ2) is 3.50. The Hall–Kier alpha value is -1.22. The quantitative estimate of drug-likeness (QED) is 0.714. The number of aryl methyl sites for hydroxylation is 1. The van der Waals surface area contributed by atoms with Gasteiger partial charge in [-0.3, -0.25) is 0 Å². The summed E-state index contributed by atoms with van der Waals surface area (Å²) in [7, 11) is 0. The van der Waals surface area contributed by atoms with E-state index in [0.717, 1.165) is 18.4 Å². The first-order valence-electron chi connectivity index (χ1n) is 4.97. The summed E-state index contributed by atoms with van der Waals surface area (Å²) in [6, 6.07) is 3.60. The molecule has 3 N–H and O–H groups in total. The van der Waals surface area contributed by atoms with E-state index >= 15 is 0 Å². The van der Waals surface area contributed by atoms with Crippen LogP contribution in [0.3, 0.4) is 0 Å². The van der Waals surface area contributed by atoms with Gasteiger partial charge in [-0.2, -0.15) is 0 Å². The van der Waals surface area contributed by atoms with Crippen molar-refractivity contribution in [1.82, 2.24) is 0 Å². The summed E-state index contributed by atoms with van der Waals surface area (Å²) in [5.74, 6) is 0.787. The van der Waals surface area contributed by atoms with E-state index in [9.17, 15) is 5.11 Å². The highest BCUT2D eigenvalue weighted by Crippen LogP contribution is 2.40. The van der Waals surface area contributed by atoms with Crippen molar-refractivity contribution in [1.29, 1.82) is 0 Å². The van der Waals surface area contributed by atoms with E-state index in [0.29, 0.717) is 12.4 Å². The predicted octanol–water partition coefficient (Wildman–Crippen LogP) is 1.74. The van der Waals surface area contributed by atoms with Gasteiger partial charge in [0.15, 0.2) is 11.5 Å². The highest BCUT2D eigenvalue weighted by Gasteiger charge is 2.23. The van der Waals surface area contributed by atoms with Crippen LogP contribution in [0, 0.1) is 0 Å². The van der Waals surface area contributed by atoms with Crippen LogP contribution in [0.4, 0.5) is 0 Å². The molecule has 0 radical (unpaired) electrons. The highest BCUT2D eigenvalue weighted by molar-refractivity contribution is 5.52. The van der Waals surface area contributed by atoms with Crippen molar-refractivity contribution in [3.05, 3.63) is 23.3 Å². The Balaban J connectivity index is 2.58. The van der Waals surface area contributed by atoms with Gasteiger partial charge in [-0.1, -0.05) is 13.0 Å². The lowest BCUT2D eigenvalue weighted by Gasteiger charge is -2.25. The number of rotatable bonds is 1. The molecular weight excluding hydrogens is 178 g/mol. The van der Waals surface area contributed by atoms with E-state index < -0.39 is 0 Å². The third-order valence-corrected chi connectivity index (χ3v) is 2.69. The molecule has 0 spiro atoms. The molecule has 0 unspecified atom stereocenters. The average Bonchev–Trinajstić information content (AvgIpc) is 2.20. The van der Waals surface area contributed by atoms with Gasteiger partial charge in [0.05, 0.1) is 6.61 Å². The Morgan fingerprint density at radius 2 is 2.36 bits per heavy atom. The molecule has 0 aliphatic carbocycles. The lowest BCUT2D eigenvalue weighted by Crippen LogP contribution is -2.22. The fourth-order valence-electron chi connectivity index (χ4n) is 1.93. The average molecular weight is 193 g/mol. The number of phenolic OH excluding ortho intramolecular Hbond substituents is 1. The maximum atomic E-state index is 9.61. The van der Waals surface area contributed by atoms with Crippen molar-refractivity contribution in [2.45, 2.75) is 25.8 Å². The number of hydrogen-bond acceptors (Lipinski definition) is 3. The van der Waals surface area contributed by atoms with Crippen LogP contribution in [0.5, 0.6) is 11.5 Å². The SMILES string of the molecule is CCc1ccc(O)c2c1[C@H](N)CCO2. The minimum absolute atomic E-state index is 0.000741. The van der Waals surface area contributed by atoms with E-state index in [1.54, 1.807) is 6.07 Å². The van der Waals surface area contributed by atoms with Gasteiger partial charge < -0.3 is 15.6 Å². The summed E-state index contributed by atoms with van der Waals surface area (Å²) < 4.78 is 5.44. The largest absolute Gasteiger partial charge is 0.504 e. The first-order valence-corrected chi connectivity index (χ1v) is 4.97. The van der Waals surface area contributed by atoms with Crippen LogP contribution in [0.25, 0.3) is 0 Å². The van der Waals surface area contributed by atoms with Gasteiger partial charge in [-0.15, -0.1) is 0 Å². The molecule has 0 bridgehead atoms. The van der Waals surface area contributed by atoms with Gasteiger partial charge in [-0.25, -0.2) is 0 Å². The molecule has 1 aliphatic rings. The first kappa shape index (κ1) is 9.34. The molecule has 0 fully saturated rings. The number of hydrogen-bond donors (Lipinski definition) is 2. The summed E-state index contributed by atoms with van der Waals surface area (Å²) in [5, 5.41) is 9.61. The minimum atomic E-state index is 0.000741. The number of fused-ring (bicyclic) bond motifs is 1. The van der Waals surface area contributed by atoms with Crippen molar-refractivity contribution in [2.75, 3.05) is 6.61 Å². The van der Waals surface area contributed by atoms with Crippen molar-refractivity contribution < 1.29 is 9.84 Å². The van der Waals surface area contributed by atoms with Gasteiger partial charge in [0.1, 0.15) is 0 Å². The predicted molar refractivity (Wildman–Crippen MR) is 54.5 cm³/mol. The Bertz CT molecular complexity index is 349. The standard InChI is InChI=1S/C11H15NO2/c1-2-7-3-4-9(13)11-10(7)8(12)5-6-14-11/h3-4,8,13H,2,5-6,12H2,1H3/t8-/m1/s1. The van der Waals surface area contributed by atoms with Crippen LogP contribution in [-0.4, -0.2) is 11.7 Å². The maximum Gasteiger partial charge on any atom is 0.165 e. The van der Waals surface area contributed by atoms with Crippen molar-refractivity contribution in [3.63, 3.8) is 0 Å². The zero-order valence-corrected chi connectivity index (χ0v) is 8.29. The molecule has 1 aromatic carbocycles. The molecule has 1 aromatic rings. The fourth-order valence-corrected chi connectivity index (χ4v) is 1.93. The van der Waals surface area contributed by atoms with Gasteiger partial charge in [0, 0.05) is 18.0 Å². The molecular formula is C11H15NO2. The summed E-state index contributed by atoms with van der Waals surface area (Å²) in [5.41, 5.74) is 8.16. The van der Waals surface area contributed by atoms with Gasteiger partial charge >= 0.3 is 0 Å². The molecule has 0 saturated carbocycles. The number of aromatic hydroxyl groups is 1. The number of benzene rings is 1. The summed E-state index contributed by atoms with van der Waals surface area (Å²) in [6.45, 7) is 2.67. The molecule has 0 amide bonds. The third-order valence-electron chi connectivity index (χ3n) is 2.69. The monoisotopic (exact) mass is 193 g/mol. The molecule has 0 saturated heterocycles. The number of ether oxygens (including phenoxy) is 1. The Labute approximate surface area is 83.5 Å². The van der Waals surface area contributed by atoms with Gasteiger partial charge in [0.2, 0.25) is 0 Å². The molecule has 3 heteroatoms. The van der Waals surface area contributed by atoms with Crippen LogP contribution in [-0.2, 0) is 6.42 Å². The van der Waals surface area contributed by atoms with E-state index in [2.05, 4.69) is 6.92 Å². The van der Waals surface area contributed by atoms with Crippen LogP contribution >= 0.6 is 0 Å². The van der Waals surface area contributed by atoms with Crippen LogP contribution in [0.2, 0.25) is 0 Å². The van der Waals surface area contributed by atoms with E-state index in [1.165, 1.54) is 5.56 Å². The molecule has 76 valence electrons. The van der Waals surface area contributed by atoms with Crippen molar-refractivity contribution in [3.8, 4) is 11.5 Å². The van der Waals surface area contributed by atoms with Crippen LogP contribution < -0.4 is 10.5 Å². The second-order valence-corrected chi connectivity index (χ2v) is 3.58. The normalized spacial score (nSPS) is 20.0. The van der Waals surface area contributed by atoms with Crippen molar-refractivity contribution >= 4 is 0 Å². The van der Waals surface area contributed by atoms with Crippen LogP contribution in [0.1, 0.15) is 30.5 Å². The number of nitrogens with two attached hydrogens (primary N) is 1. The second-order valence-electron chi connectivity index (χ2n) is 3.58. The molecule has 1 atom stereocenters. The van der Waals surface area contributed by atoms with Gasteiger partial charge in [0.25, 0.3) is 0 Å². The van der Waals surface area contributed by atoms with E-state index in [-0.39, 0.29) is 11.8 Å². The molecule has 1 heterocycles. The summed E-state index contributed by atoms with van der Waals surface area (Å²) in [6.07, 6.45) is 1.74. The van der Waals surface area contributed by atoms with Gasteiger partial charge in [-0.05, 0) is 18.1 Å². The minimum Gasteiger partial charge on any atom is -0.504 e. The molecule has 0 aromatic heterocycles. The topological polar surface area (TPSA) is 55.5 Å². The fraction of sp³-hybridized carbons (Fsp3) is 0.455. The zero-order chi connectivity index (χ0) is 10.1.